The summed E-state index contributed by atoms with van der Waals surface area (Å²) in [6, 6.07) is -0.105. The predicted octanol–water partition coefficient (Wildman–Crippen LogP) is 0.878. The largest absolute Gasteiger partial charge is 0.449 e. The Morgan fingerprint density at radius 2 is 2.43 bits per heavy atom. The molecule has 6 nitrogen and oxygen atoms in total. The van der Waals surface area contributed by atoms with Gasteiger partial charge in [0.25, 0.3) is 0 Å². The van der Waals surface area contributed by atoms with Crippen molar-refractivity contribution in [1.82, 2.24) is 10.4 Å². The van der Waals surface area contributed by atoms with Crippen molar-refractivity contribution < 1.29 is 19.1 Å². The fraction of sp³-hybridized carbons (Fsp3) is 0.750. The molecule has 0 aromatic carbocycles. The van der Waals surface area contributed by atoms with Gasteiger partial charge < -0.3 is 9.47 Å². The molecule has 0 saturated carbocycles. The highest BCUT2D eigenvalue weighted by Crippen LogP contribution is 2.12. The Kier molecular flexibility index (Phi) is 3.55. The number of hydrogen-bond acceptors (Lipinski definition) is 4. The van der Waals surface area contributed by atoms with Gasteiger partial charge in [-0.25, -0.2) is 20.0 Å². The van der Waals surface area contributed by atoms with Crippen LogP contribution in [0.5, 0.6) is 0 Å². The standard InChI is InChI=1S/C8H14N2O4/c1-3-6-5-14-8(12)10(6)9-7(11)13-4-2/h6H,3-5H2,1-2H3,(H,9,11)/t6-/m0/s1. The smallest absolute Gasteiger partial charge is 0.429 e. The number of hydrogen-bond donors (Lipinski definition) is 1. The Bertz CT molecular complexity index is 231. The van der Waals surface area contributed by atoms with Gasteiger partial charge in [0.05, 0.1) is 12.6 Å². The summed E-state index contributed by atoms with van der Waals surface area (Å²) in [7, 11) is 0. The molecule has 1 fully saturated rings. The molecule has 1 rings (SSSR count). The van der Waals surface area contributed by atoms with Gasteiger partial charge in [-0.2, -0.15) is 0 Å². The van der Waals surface area contributed by atoms with E-state index in [1.807, 2.05) is 6.92 Å². The van der Waals surface area contributed by atoms with Crippen LogP contribution >= 0.6 is 0 Å². The van der Waals surface area contributed by atoms with E-state index in [2.05, 4.69) is 10.2 Å². The first kappa shape index (κ1) is 10.6. The number of carbonyl (C=O) groups is 2. The number of ether oxygens (including phenoxy) is 2. The SMILES string of the molecule is CCOC(=O)NN1C(=O)OC[C@@H]1CC. The summed E-state index contributed by atoms with van der Waals surface area (Å²) in [5, 5.41) is 1.16. The van der Waals surface area contributed by atoms with Crippen LogP contribution in [-0.2, 0) is 9.47 Å². The summed E-state index contributed by atoms with van der Waals surface area (Å²) in [6.07, 6.45) is -0.451. The van der Waals surface area contributed by atoms with Crippen molar-refractivity contribution >= 4 is 12.2 Å². The maximum atomic E-state index is 11.1. The van der Waals surface area contributed by atoms with Crippen molar-refractivity contribution in [2.45, 2.75) is 26.3 Å². The van der Waals surface area contributed by atoms with Crippen molar-refractivity contribution in [2.75, 3.05) is 13.2 Å². The average molecular weight is 202 g/mol. The fourth-order valence-electron chi connectivity index (χ4n) is 1.16. The number of rotatable bonds is 3. The van der Waals surface area contributed by atoms with Crippen molar-refractivity contribution in [3.63, 3.8) is 0 Å². The van der Waals surface area contributed by atoms with Gasteiger partial charge in [0.1, 0.15) is 6.61 Å². The zero-order valence-corrected chi connectivity index (χ0v) is 8.28. The van der Waals surface area contributed by atoms with E-state index in [0.717, 1.165) is 11.4 Å². The lowest BCUT2D eigenvalue weighted by Gasteiger charge is -2.19. The van der Waals surface area contributed by atoms with Gasteiger partial charge in [0, 0.05) is 0 Å². The molecule has 0 unspecified atom stereocenters. The van der Waals surface area contributed by atoms with Crippen molar-refractivity contribution in [3.05, 3.63) is 0 Å². The lowest BCUT2D eigenvalue weighted by Crippen LogP contribution is -2.47. The van der Waals surface area contributed by atoms with Gasteiger partial charge in [-0.1, -0.05) is 6.92 Å². The van der Waals surface area contributed by atoms with Gasteiger partial charge in [0.15, 0.2) is 0 Å². The van der Waals surface area contributed by atoms with E-state index in [1.165, 1.54) is 0 Å². The van der Waals surface area contributed by atoms with Crippen LogP contribution in [0.2, 0.25) is 0 Å². The van der Waals surface area contributed by atoms with Gasteiger partial charge in [-0.05, 0) is 13.3 Å². The molecule has 14 heavy (non-hydrogen) atoms. The summed E-state index contributed by atoms with van der Waals surface area (Å²) in [6.45, 7) is 4.18. The third kappa shape index (κ3) is 2.27. The Labute approximate surface area is 82.1 Å². The number of carbonyl (C=O) groups excluding carboxylic acids is 2. The molecule has 6 heteroatoms. The number of hydrazine groups is 1. The second-order valence-electron chi connectivity index (χ2n) is 2.84. The van der Waals surface area contributed by atoms with E-state index < -0.39 is 12.2 Å². The fourth-order valence-corrected chi connectivity index (χ4v) is 1.16. The maximum absolute atomic E-state index is 11.1. The van der Waals surface area contributed by atoms with Crippen LogP contribution in [0, 0.1) is 0 Å². The summed E-state index contributed by atoms with van der Waals surface area (Å²) >= 11 is 0. The molecule has 0 aromatic rings. The van der Waals surface area contributed by atoms with E-state index in [1.54, 1.807) is 6.92 Å². The highest BCUT2D eigenvalue weighted by molar-refractivity contribution is 5.75. The van der Waals surface area contributed by atoms with E-state index in [0.29, 0.717) is 6.61 Å². The van der Waals surface area contributed by atoms with E-state index >= 15 is 0 Å². The molecule has 1 heterocycles. The van der Waals surface area contributed by atoms with Crippen molar-refractivity contribution in [1.29, 1.82) is 0 Å². The summed E-state index contributed by atoms with van der Waals surface area (Å²) in [5.74, 6) is 0. The van der Waals surface area contributed by atoms with Gasteiger partial charge in [-0.15, -0.1) is 0 Å². The second-order valence-corrected chi connectivity index (χ2v) is 2.84. The number of nitrogens with one attached hydrogen (secondary N) is 1. The highest BCUT2D eigenvalue weighted by Gasteiger charge is 2.33. The van der Waals surface area contributed by atoms with E-state index in [-0.39, 0.29) is 12.6 Å². The van der Waals surface area contributed by atoms with Crippen LogP contribution in [0.1, 0.15) is 20.3 Å². The molecule has 1 N–H and O–H groups in total. The number of nitrogens with zero attached hydrogens (tertiary/aromatic N) is 1. The molecule has 1 saturated heterocycles. The van der Waals surface area contributed by atoms with Gasteiger partial charge in [0.2, 0.25) is 0 Å². The molecule has 1 aliphatic rings. The third-order valence-electron chi connectivity index (χ3n) is 1.92. The summed E-state index contributed by atoms with van der Waals surface area (Å²) in [4.78, 5) is 22.1. The maximum Gasteiger partial charge on any atom is 0.429 e. The Morgan fingerprint density at radius 3 is 3.00 bits per heavy atom. The molecule has 2 amide bonds. The summed E-state index contributed by atoms with van der Waals surface area (Å²) in [5.41, 5.74) is 2.33. The molecule has 80 valence electrons. The quantitative estimate of drug-likeness (QED) is 0.737. The average Bonchev–Trinajstić information content (AvgIpc) is 2.48. The minimum atomic E-state index is -0.634. The Balaban J connectivity index is 2.48. The lowest BCUT2D eigenvalue weighted by molar-refractivity contribution is 0.106. The molecule has 1 atom stereocenters. The predicted molar refractivity (Wildman–Crippen MR) is 47.4 cm³/mol. The van der Waals surface area contributed by atoms with E-state index in [9.17, 15) is 9.59 Å². The second kappa shape index (κ2) is 4.69. The molecular formula is C8H14N2O4. The number of amides is 2. The molecule has 0 aromatic heterocycles. The normalized spacial score (nSPS) is 20.6. The van der Waals surface area contributed by atoms with Crippen LogP contribution in [0.4, 0.5) is 9.59 Å². The van der Waals surface area contributed by atoms with Crippen molar-refractivity contribution in [3.8, 4) is 0 Å². The Morgan fingerprint density at radius 1 is 1.71 bits per heavy atom. The zero-order valence-electron chi connectivity index (χ0n) is 8.28. The molecule has 0 aliphatic carbocycles. The van der Waals surface area contributed by atoms with Crippen LogP contribution in [0.25, 0.3) is 0 Å². The number of cyclic esters (lactones) is 1. The van der Waals surface area contributed by atoms with Crippen molar-refractivity contribution in [2.24, 2.45) is 0 Å². The summed E-state index contributed by atoms with van der Waals surface area (Å²) < 4.78 is 9.41. The topological polar surface area (TPSA) is 67.9 Å². The minimum absolute atomic E-state index is 0.105. The van der Waals surface area contributed by atoms with Crippen LogP contribution in [0.15, 0.2) is 0 Å². The lowest BCUT2D eigenvalue weighted by atomic mass is 10.2. The van der Waals surface area contributed by atoms with Gasteiger partial charge >= 0.3 is 12.2 Å². The van der Waals surface area contributed by atoms with Crippen LogP contribution in [-0.4, -0.2) is 36.5 Å². The first-order valence-corrected chi connectivity index (χ1v) is 4.58. The third-order valence-corrected chi connectivity index (χ3v) is 1.92. The van der Waals surface area contributed by atoms with Crippen LogP contribution < -0.4 is 5.43 Å². The first-order valence-electron chi connectivity index (χ1n) is 4.58. The molecular weight excluding hydrogens is 188 g/mol. The highest BCUT2D eigenvalue weighted by atomic mass is 16.6. The Hall–Kier alpha value is -1.46. The monoisotopic (exact) mass is 202 g/mol. The molecule has 1 aliphatic heterocycles. The van der Waals surface area contributed by atoms with E-state index in [4.69, 9.17) is 4.74 Å². The molecule has 0 spiro atoms. The first-order chi connectivity index (χ1) is 6.69. The molecule has 0 radical (unpaired) electrons. The zero-order chi connectivity index (χ0) is 10.6. The minimum Gasteiger partial charge on any atom is -0.449 e. The van der Waals surface area contributed by atoms with Gasteiger partial charge in [-0.3, -0.25) is 0 Å². The van der Waals surface area contributed by atoms with Crippen LogP contribution in [0.3, 0.4) is 0 Å². The molecule has 0 bridgehead atoms.